The van der Waals surface area contributed by atoms with Crippen molar-refractivity contribution >= 4 is 23.2 Å². The van der Waals surface area contributed by atoms with Gasteiger partial charge in [-0.05, 0) is 18.5 Å². The Morgan fingerprint density at radius 1 is 1.40 bits per heavy atom. The minimum Gasteiger partial charge on any atom is -0.359 e. The zero-order valence-electron chi connectivity index (χ0n) is 12.0. The van der Waals surface area contributed by atoms with Gasteiger partial charge in [-0.1, -0.05) is 6.07 Å². The van der Waals surface area contributed by atoms with Crippen LogP contribution in [0, 0.1) is 5.92 Å². The van der Waals surface area contributed by atoms with Crippen molar-refractivity contribution in [1.29, 1.82) is 0 Å². The lowest BCUT2D eigenvalue weighted by atomic mass is 10.1. The largest absolute Gasteiger partial charge is 0.359 e. The molecule has 1 unspecified atom stereocenters. The number of thiophene rings is 1. The smallest absolute Gasteiger partial charge is 0.227 e. The van der Waals surface area contributed by atoms with Crippen LogP contribution in [0.1, 0.15) is 4.88 Å². The van der Waals surface area contributed by atoms with Gasteiger partial charge >= 0.3 is 0 Å². The van der Waals surface area contributed by atoms with Crippen molar-refractivity contribution in [3.8, 4) is 0 Å². The molecule has 1 aliphatic heterocycles. The van der Waals surface area contributed by atoms with Gasteiger partial charge in [0, 0.05) is 38.1 Å². The first-order valence-electron chi connectivity index (χ1n) is 6.80. The summed E-state index contributed by atoms with van der Waals surface area (Å²) in [6.45, 7) is 2.70. The Hall–Kier alpha value is -1.40. The van der Waals surface area contributed by atoms with Gasteiger partial charge in [-0.3, -0.25) is 9.59 Å². The third kappa shape index (κ3) is 3.80. The Balaban J connectivity index is 2.02. The van der Waals surface area contributed by atoms with Gasteiger partial charge in [0.05, 0.1) is 12.3 Å². The highest BCUT2D eigenvalue weighted by molar-refractivity contribution is 7.10. The Morgan fingerprint density at radius 3 is 2.85 bits per heavy atom. The highest BCUT2D eigenvalue weighted by Crippen LogP contribution is 2.14. The quantitative estimate of drug-likeness (QED) is 0.880. The van der Waals surface area contributed by atoms with Crippen molar-refractivity contribution in [3.63, 3.8) is 0 Å². The third-order valence-corrected chi connectivity index (χ3v) is 4.48. The summed E-state index contributed by atoms with van der Waals surface area (Å²) in [4.78, 5) is 29.2. The molecule has 1 atom stereocenters. The molecule has 0 saturated carbocycles. The molecule has 20 heavy (non-hydrogen) atoms. The second-order valence-corrected chi connectivity index (χ2v) is 6.20. The maximum absolute atomic E-state index is 12.4. The van der Waals surface area contributed by atoms with Crippen LogP contribution in [0.5, 0.6) is 0 Å². The van der Waals surface area contributed by atoms with E-state index in [1.165, 1.54) is 0 Å². The summed E-state index contributed by atoms with van der Waals surface area (Å²) in [5, 5.41) is 4.66. The fraction of sp³-hybridized carbons (Fsp3) is 0.571. The number of hydrogen-bond donors (Lipinski definition) is 1. The van der Waals surface area contributed by atoms with E-state index in [-0.39, 0.29) is 17.7 Å². The number of likely N-dealkylation sites (N-methyl/N-ethyl adjacent to an activating group) is 1. The molecule has 0 spiro atoms. The monoisotopic (exact) mass is 295 g/mol. The molecule has 0 aliphatic carbocycles. The summed E-state index contributed by atoms with van der Waals surface area (Å²) < 4.78 is 0. The lowest BCUT2D eigenvalue weighted by Crippen LogP contribution is -2.41. The highest BCUT2D eigenvalue weighted by atomic mass is 32.1. The van der Waals surface area contributed by atoms with E-state index in [0.29, 0.717) is 26.1 Å². The maximum atomic E-state index is 12.4. The molecule has 5 nitrogen and oxygen atoms in total. The zero-order chi connectivity index (χ0) is 14.5. The number of carbonyl (C=O) groups is 2. The van der Waals surface area contributed by atoms with Crippen LogP contribution in [0.2, 0.25) is 0 Å². The molecular formula is C14H21N3O2S. The van der Waals surface area contributed by atoms with E-state index < -0.39 is 0 Å². The number of nitrogens with zero attached hydrogens (tertiary/aromatic N) is 2. The van der Waals surface area contributed by atoms with Gasteiger partial charge in [-0.15, -0.1) is 11.3 Å². The Kier molecular flexibility index (Phi) is 5.14. The van der Waals surface area contributed by atoms with E-state index in [1.807, 2.05) is 29.5 Å². The van der Waals surface area contributed by atoms with Crippen LogP contribution < -0.4 is 5.32 Å². The van der Waals surface area contributed by atoms with Gasteiger partial charge in [0.15, 0.2) is 0 Å². The fourth-order valence-corrected chi connectivity index (χ4v) is 3.14. The molecule has 2 amide bonds. The van der Waals surface area contributed by atoms with Gasteiger partial charge in [-0.2, -0.15) is 0 Å². The number of rotatable bonds is 3. The van der Waals surface area contributed by atoms with E-state index in [4.69, 9.17) is 0 Å². The van der Waals surface area contributed by atoms with Gasteiger partial charge < -0.3 is 15.1 Å². The van der Waals surface area contributed by atoms with Crippen LogP contribution in [0.3, 0.4) is 0 Å². The van der Waals surface area contributed by atoms with Crippen LogP contribution in [0.15, 0.2) is 17.5 Å². The number of amides is 2. The molecule has 1 aliphatic rings. The molecule has 1 aromatic rings. The van der Waals surface area contributed by atoms with E-state index in [2.05, 4.69) is 10.2 Å². The standard InChI is InChI=1S/C14H21N3O2S/c1-15-14(19)11-9-16(2)5-6-17(10-11)13(18)8-12-4-3-7-20-12/h3-4,7,11H,5-6,8-10H2,1-2H3,(H,15,19). The van der Waals surface area contributed by atoms with E-state index >= 15 is 0 Å². The predicted molar refractivity (Wildman–Crippen MR) is 79.7 cm³/mol. The minimum atomic E-state index is -0.153. The Bertz CT molecular complexity index is 461. The molecule has 1 saturated heterocycles. The Labute approximate surface area is 123 Å². The summed E-state index contributed by atoms with van der Waals surface area (Å²) in [5.74, 6) is -0.0379. The molecular weight excluding hydrogens is 274 g/mol. The van der Waals surface area contributed by atoms with Crippen molar-refractivity contribution < 1.29 is 9.59 Å². The molecule has 2 rings (SSSR count). The normalized spacial score (nSPS) is 20.5. The lowest BCUT2D eigenvalue weighted by molar-refractivity contribution is -0.132. The predicted octanol–water partition coefficient (Wildman–Crippen LogP) is 0.427. The van der Waals surface area contributed by atoms with E-state index in [1.54, 1.807) is 18.4 Å². The van der Waals surface area contributed by atoms with Crippen LogP contribution in [0.4, 0.5) is 0 Å². The first kappa shape index (κ1) is 15.0. The minimum absolute atomic E-state index is 0.00711. The average molecular weight is 295 g/mol. The topological polar surface area (TPSA) is 52.7 Å². The van der Waals surface area contributed by atoms with E-state index in [9.17, 15) is 9.59 Å². The van der Waals surface area contributed by atoms with Crippen molar-refractivity contribution in [2.24, 2.45) is 5.92 Å². The summed E-state index contributed by atoms with van der Waals surface area (Å²) >= 11 is 1.60. The first-order chi connectivity index (χ1) is 9.60. The molecule has 1 fully saturated rings. The molecule has 2 heterocycles. The fourth-order valence-electron chi connectivity index (χ4n) is 2.44. The number of carbonyl (C=O) groups excluding carboxylic acids is 2. The number of hydrogen-bond acceptors (Lipinski definition) is 4. The van der Waals surface area contributed by atoms with Crippen molar-refractivity contribution in [2.75, 3.05) is 40.3 Å². The van der Waals surface area contributed by atoms with Gasteiger partial charge in [-0.25, -0.2) is 0 Å². The number of nitrogens with one attached hydrogen (secondary N) is 1. The SMILES string of the molecule is CNC(=O)C1CN(C)CCN(C(=O)Cc2cccs2)C1. The highest BCUT2D eigenvalue weighted by Gasteiger charge is 2.28. The zero-order valence-corrected chi connectivity index (χ0v) is 12.8. The maximum Gasteiger partial charge on any atom is 0.227 e. The lowest BCUT2D eigenvalue weighted by Gasteiger charge is -2.23. The molecule has 0 radical (unpaired) electrons. The molecule has 1 aromatic heterocycles. The summed E-state index contributed by atoms with van der Waals surface area (Å²) in [6.07, 6.45) is 0.432. The third-order valence-electron chi connectivity index (χ3n) is 3.60. The molecule has 6 heteroatoms. The second-order valence-electron chi connectivity index (χ2n) is 5.17. The van der Waals surface area contributed by atoms with Crippen molar-refractivity contribution in [3.05, 3.63) is 22.4 Å². The van der Waals surface area contributed by atoms with Crippen LogP contribution in [-0.4, -0.2) is 61.9 Å². The average Bonchev–Trinajstić information content (AvgIpc) is 2.85. The van der Waals surface area contributed by atoms with Crippen LogP contribution in [0.25, 0.3) is 0 Å². The molecule has 1 N–H and O–H groups in total. The second kappa shape index (κ2) is 6.85. The summed E-state index contributed by atoms with van der Waals surface area (Å²) in [7, 11) is 3.63. The van der Waals surface area contributed by atoms with Crippen LogP contribution in [-0.2, 0) is 16.0 Å². The summed E-state index contributed by atoms with van der Waals surface area (Å²) in [5.41, 5.74) is 0. The summed E-state index contributed by atoms with van der Waals surface area (Å²) in [6, 6.07) is 3.93. The van der Waals surface area contributed by atoms with E-state index in [0.717, 1.165) is 11.4 Å². The Morgan fingerprint density at radius 2 is 2.20 bits per heavy atom. The molecule has 110 valence electrons. The van der Waals surface area contributed by atoms with Gasteiger partial charge in [0.25, 0.3) is 0 Å². The van der Waals surface area contributed by atoms with Crippen molar-refractivity contribution in [2.45, 2.75) is 6.42 Å². The molecule has 0 bridgehead atoms. The van der Waals surface area contributed by atoms with Crippen molar-refractivity contribution in [1.82, 2.24) is 15.1 Å². The van der Waals surface area contributed by atoms with Crippen LogP contribution >= 0.6 is 11.3 Å². The molecule has 0 aromatic carbocycles. The first-order valence-corrected chi connectivity index (χ1v) is 7.68. The van der Waals surface area contributed by atoms with Gasteiger partial charge in [0.2, 0.25) is 11.8 Å². The van der Waals surface area contributed by atoms with Gasteiger partial charge in [0.1, 0.15) is 0 Å².